The maximum Gasteiger partial charge on any atom is 0.248 e. The highest BCUT2D eigenvalue weighted by molar-refractivity contribution is 7.89. The fraction of sp³-hybridized carbons (Fsp3) is 0.520. The molecular formula is C25H34ClN3O5S. The van der Waals surface area contributed by atoms with Crippen LogP contribution in [0.4, 0.5) is 0 Å². The number of piperidine rings is 1. The molecule has 2 aliphatic heterocycles. The zero-order valence-corrected chi connectivity index (χ0v) is 22.2. The van der Waals surface area contributed by atoms with Gasteiger partial charge in [0.1, 0.15) is 12.4 Å². The first-order valence-corrected chi connectivity index (χ1v) is 13.2. The third-order valence-electron chi connectivity index (χ3n) is 6.71. The van der Waals surface area contributed by atoms with E-state index in [9.17, 15) is 13.2 Å². The lowest BCUT2D eigenvalue weighted by atomic mass is 10.0. The van der Waals surface area contributed by atoms with Crippen LogP contribution in [0.15, 0.2) is 35.5 Å². The first-order valence-electron chi connectivity index (χ1n) is 11.8. The van der Waals surface area contributed by atoms with Crippen molar-refractivity contribution in [1.29, 1.82) is 0 Å². The molecule has 2 aliphatic rings. The van der Waals surface area contributed by atoms with Crippen LogP contribution in [0.5, 0.6) is 5.75 Å². The summed E-state index contributed by atoms with van der Waals surface area (Å²) >= 11 is 0. The molecule has 1 amide bonds. The molecule has 1 aromatic carbocycles. The normalized spacial score (nSPS) is 18.5. The Morgan fingerprint density at radius 3 is 2.60 bits per heavy atom. The van der Waals surface area contributed by atoms with Crippen molar-refractivity contribution >= 4 is 28.3 Å². The van der Waals surface area contributed by atoms with Crippen LogP contribution in [0, 0.1) is 13.8 Å². The fourth-order valence-corrected chi connectivity index (χ4v) is 7.07. The maximum absolute atomic E-state index is 13.6. The van der Waals surface area contributed by atoms with Crippen molar-refractivity contribution in [2.75, 3.05) is 33.4 Å². The molecule has 0 spiro atoms. The van der Waals surface area contributed by atoms with Crippen LogP contribution < -0.4 is 4.74 Å². The Morgan fingerprint density at radius 1 is 1.14 bits per heavy atom. The summed E-state index contributed by atoms with van der Waals surface area (Å²) in [5, 5.41) is 0. The number of sulfonamides is 1. The lowest BCUT2D eigenvalue weighted by Crippen LogP contribution is -2.47. The van der Waals surface area contributed by atoms with Gasteiger partial charge < -0.3 is 14.4 Å². The van der Waals surface area contributed by atoms with Crippen molar-refractivity contribution in [1.82, 2.24) is 14.2 Å². The van der Waals surface area contributed by atoms with E-state index in [-0.39, 0.29) is 37.6 Å². The Labute approximate surface area is 214 Å². The summed E-state index contributed by atoms with van der Waals surface area (Å²) in [7, 11) is -2.13. The number of methoxy groups -OCH3 is 1. The first kappa shape index (κ1) is 27.4. The molecule has 192 valence electrons. The highest BCUT2D eigenvalue weighted by atomic mass is 35.5. The molecule has 1 atom stereocenters. The van der Waals surface area contributed by atoms with Crippen molar-refractivity contribution < 1.29 is 22.7 Å². The van der Waals surface area contributed by atoms with Crippen LogP contribution in [0.3, 0.4) is 0 Å². The zero-order valence-electron chi connectivity index (χ0n) is 20.5. The summed E-state index contributed by atoms with van der Waals surface area (Å²) in [5.41, 5.74) is 3.62. The summed E-state index contributed by atoms with van der Waals surface area (Å²) < 4.78 is 40.0. The molecule has 4 rings (SSSR count). The molecule has 2 aromatic rings. The Bertz CT molecular complexity index is 1130. The number of pyridine rings is 1. The van der Waals surface area contributed by atoms with E-state index in [0.29, 0.717) is 47.8 Å². The van der Waals surface area contributed by atoms with E-state index >= 15 is 0 Å². The third kappa shape index (κ3) is 5.97. The monoisotopic (exact) mass is 523 g/mol. The standard InChI is InChI=1S/C25H33N3O5S.ClH/c1-18-12-23(32-3)13-19(2)25(18)34(30,31)28-10-5-4-6-22(28)16-33-17-24(29)27-11-8-20-14-26-9-7-21(20)15-27;/h7,9,12-14,22H,4-6,8,10-11,15-17H2,1-3H3;1H. The highest BCUT2D eigenvalue weighted by Gasteiger charge is 2.35. The molecule has 35 heavy (non-hydrogen) atoms. The van der Waals surface area contributed by atoms with Crippen LogP contribution in [0.2, 0.25) is 0 Å². The van der Waals surface area contributed by atoms with Gasteiger partial charge >= 0.3 is 0 Å². The van der Waals surface area contributed by atoms with E-state index in [1.54, 1.807) is 48.5 Å². The number of hydrogen-bond donors (Lipinski definition) is 0. The number of halogens is 1. The predicted molar refractivity (Wildman–Crippen MR) is 135 cm³/mol. The Balaban J connectivity index is 0.00000342. The van der Waals surface area contributed by atoms with Gasteiger partial charge in [-0.15, -0.1) is 12.4 Å². The minimum atomic E-state index is -3.71. The van der Waals surface area contributed by atoms with E-state index in [2.05, 4.69) is 4.98 Å². The van der Waals surface area contributed by atoms with E-state index < -0.39 is 10.0 Å². The zero-order chi connectivity index (χ0) is 24.3. The van der Waals surface area contributed by atoms with E-state index in [1.165, 1.54) is 5.56 Å². The number of amides is 1. The number of aryl methyl sites for hydroxylation is 2. The molecule has 0 saturated carbocycles. The van der Waals surface area contributed by atoms with Crippen LogP contribution >= 0.6 is 12.4 Å². The Hall–Kier alpha value is -2.20. The van der Waals surface area contributed by atoms with Gasteiger partial charge in [-0.3, -0.25) is 9.78 Å². The predicted octanol–water partition coefficient (Wildman–Crippen LogP) is 3.27. The largest absolute Gasteiger partial charge is 0.497 e. The number of carbonyl (C=O) groups excluding carboxylic acids is 1. The first-order chi connectivity index (χ1) is 16.3. The minimum absolute atomic E-state index is 0. The molecule has 1 fully saturated rings. The summed E-state index contributed by atoms with van der Waals surface area (Å²) in [4.78, 5) is 19.0. The molecule has 0 bridgehead atoms. The summed E-state index contributed by atoms with van der Waals surface area (Å²) in [6.07, 6.45) is 6.85. The van der Waals surface area contributed by atoms with Gasteiger partial charge in [-0.25, -0.2) is 8.42 Å². The van der Waals surface area contributed by atoms with Crippen molar-refractivity contribution in [2.24, 2.45) is 0 Å². The molecule has 3 heterocycles. The highest BCUT2D eigenvalue weighted by Crippen LogP contribution is 2.32. The van der Waals surface area contributed by atoms with Crippen molar-refractivity contribution in [3.8, 4) is 5.75 Å². The molecule has 0 radical (unpaired) electrons. The van der Waals surface area contributed by atoms with Gasteiger partial charge in [0.15, 0.2) is 0 Å². The number of carbonyl (C=O) groups is 1. The summed E-state index contributed by atoms with van der Waals surface area (Å²) in [5.74, 6) is 0.567. The third-order valence-corrected chi connectivity index (χ3v) is 8.97. The molecule has 8 nitrogen and oxygen atoms in total. The molecule has 1 aromatic heterocycles. The van der Waals surface area contributed by atoms with Crippen molar-refractivity contribution in [3.63, 3.8) is 0 Å². The number of rotatable bonds is 7. The van der Waals surface area contributed by atoms with Gasteiger partial charge in [0.25, 0.3) is 0 Å². The van der Waals surface area contributed by atoms with Crippen LogP contribution in [-0.2, 0) is 32.5 Å². The fourth-order valence-electron chi connectivity index (χ4n) is 4.97. The maximum atomic E-state index is 13.6. The smallest absolute Gasteiger partial charge is 0.248 e. The number of ether oxygens (including phenoxy) is 2. The van der Waals surface area contributed by atoms with Crippen molar-refractivity contribution in [3.05, 3.63) is 52.8 Å². The van der Waals surface area contributed by atoms with Crippen LogP contribution in [0.1, 0.15) is 41.5 Å². The van der Waals surface area contributed by atoms with Gasteiger partial charge in [0, 0.05) is 38.1 Å². The second kappa shape index (κ2) is 11.7. The van der Waals surface area contributed by atoms with Crippen molar-refractivity contribution in [2.45, 2.75) is 57.0 Å². The Morgan fingerprint density at radius 2 is 1.89 bits per heavy atom. The van der Waals surface area contributed by atoms with Gasteiger partial charge in [-0.1, -0.05) is 6.42 Å². The molecule has 1 saturated heterocycles. The van der Waals surface area contributed by atoms with E-state index in [4.69, 9.17) is 9.47 Å². The summed E-state index contributed by atoms with van der Waals surface area (Å²) in [6.45, 7) is 5.39. The number of nitrogens with zero attached hydrogens (tertiary/aromatic N) is 3. The topological polar surface area (TPSA) is 89.0 Å². The number of hydrogen-bond acceptors (Lipinski definition) is 6. The van der Waals surface area contributed by atoms with Gasteiger partial charge in [0.05, 0.1) is 18.6 Å². The molecular weight excluding hydrogens is 490 g/mol. The van der Waals surface area contributed by atoms with Crippen LogP contribution in [0.25, 0.3) is 0 Å². The van der Waals surface area contributed by atoms with E-state index in [0.717, 1.165) is 24.8 Å². The lowest BCUT2D eigenvalue weighted by molar-refractivity contribution is -0.137. The van der Waals surface area contributed by atoms with Gasteiger partial charge in [-0.2, -0.15) is 4.31 Å². The SMILES string of the molecule is COc1cc(C)c(S(=O)(=O)N2CCCCC2COCC(=O)N2CCc3cnccc3C2)c(C)c1.Cl. The van der Waals surface area contributed by atoms with E-state index in [1.807, 2.05) is 12.3 Å². The molecule has 0 N–H and O–H groups in total. The lowest BCUT2D eigenvalue weighted by Gasteiger charge is -2.35. The van der Waals surface area contributed by atoms with Crippen LogP contribution in [-0.4, -0.2) is 68.0 Å². The average molecular weight is 524 g/mol. The second-order valence-electron chi connectivity index (χ2n) is 9.08. The minimum Gasteiger partial charge on any atom is -0.497 e. The Kier molecular flexibility index (Phi) is 9.15. The number of benzene rings is 1. The second-order valence-corrected chi connectivity index (χ2v) is 10.9. The molecule has 0 aliphatic carbocycles. The summed E-state index contributed by atoms with van der Waals surface area (Å²) in [6, 6.07) is 5.16. The quantitative estimate of drug-likeness (QED) is 0.553. The molecule has 10 heteroatoms. The number of fused-ring (bicyclic) bond motifs is 1. The molecule has 1 unspecified atom stereocenters. The average Bonchev–Trinajstić information content (AvgIpc) is 2.83. The van der Waals surface area contributed by atoms with Gasteiger partial charge in [-0.05, 0) is 73.6 Å². The van der Waals surface area contributed by atoms with Gasteiger partial charge in [0.2, 0.25) is 15.9 Å². The number of aromatic nitrogens is 1.